The molecular weight excluding hydrogens is 286 g/mol. The molecule has 0 aliphatic carbocycles. The molecule has 118 valence electrons. The first kappa shape index (κ1) is 16.1. The second-order valence-electron chi connectivity index (χ2n) is 5.79. The van der Waals surface area contributed by atoms with Crippen molar-refractivity contribution in [2.24, 2.45) is 5.84 Å². The number of nitrogens with two attached hydrogens (primary N) is 1. The Bertz CT molecular complexity index is 460. The Hall–Kier alpha value is -1.28. The Labute approximate surface area is 130 Å². The molecule has 1 fully saturated rings. The lowest BCUT2D eigenvalue weighted by molar-refractivity contribution is 0.567. The quantitative estimate of drug-likeness (QED) is 0.540. The Morgan fingerprint density at radius 1 is 1.14 bits per heavy atom. The zero-order valence-corrected chi connectivity index (χ0v) is 13.8. The minimum Gasteiger partial charge on any atom is -0.353 e. The largest absolute Gasteiger partial charge is 0.353 e. The van der Waals surface area contributed by atoms with Crippen LogP contribution in [0.1, 0.15) is 33.1 Å². The van der Waals surface area contributed by atoms with Crippen LogP contribution in [0.25, 0.3) is 0 Å². The lowest BCUT2D eigenvalue weighted by Gasteiger charge is -2.27. The fraction of sp³-hybridized carbons (Fsp3) is 0.769. The van der Waals surface area contributed by atoms with Gasteiger partial charge in [0.05, 0.1) is 0 Å². The molecule has 0 radical (unpaired) electrons. The van der Waals surface area contributed by atoms with Crippen molar-refractivity contribution in [2.75, 3.05) is 41.5 Å². The van der Waals surface area contributed by atoms with Crippen LogP contribution in [0.4, 0.5) is 17.8 Å². The van der Waals surface area contributed by atoms with Crippen molar-refractivity contribution in [3.05, 3.63) is 0 Å². The first-order valence-electron chi connectivity index (χ1n) is 7.31. The highest BCUT2D eigenvalue weighted by Crippen LogP contribution is 2.22. The van der Waals surface area contributed by atoms with Gasteiger partial charge in [0.1, 0.15) is 0 Å². The van der Waals surface area contributed by atoms with Gasteiger partial charge in [0, 0.05) is 24.4 Å². The standard InChI is InChI=1S/C13H25N7S/c1-13(2,21-3)9-15-10-16-11(19-14)18-12(17-10)20-7-5-4-6-8-20/h4-9,14H2,1-3H3,(H2,15,16,17,18,19). The molecule has 0 aromatic carbocycles. The Kier molecular flexibility index (Phi) is 5.46. The van der Waals surface area contributed by atoms with Gasteiger partial charge in [0.15, 0.2) is 0 Å². The van der Waals surface area contributed by atoms with Crippen molar-refractivity contribution in [2.45, 2.75) is 37.9 Å². The summed E-state index contributed by atoms with van der Waals surface area (Å²) in [6, 6.07) is 0. The van der Waals surface area contributed by atoms with Gasteiger partial charge >= 0.3 is 0 Å². The second kappa shape index (κ2) is 7.13. The van der Waals surface area contributed by atoms with E-state index in [2.05, 4.69) is 50.7 Å². The lowest BCUT2D eigenvalue weighted by atomic mass is 10.1. The summed E-state index contributed by atoms with van der Waals surface area (Å²) in [4.78, 5) is 15.4. The van der Waals surface area contributed by atoms with Gasteiger partial charge in [-0.2, -0.15) is 26.7 Å². The van der Waals surface area contributed by atoms with Gasteiger partial charge in [-0.05, 0) is 39.4 Å². The molecule has 0 saturated carbocycles. The van der Waals surface area contributed by atoms with Gasteiger partial charge in [0.25, 0.3) is 0 Å². The number of hydrogen-bond donors (Lipinski definition) is 3. The third-order valence-electron chi connectivity index (χ3n) is 3.62. The molecule has 1 aromatic heterocycles. The first-order valence-corrected chi connectivity index (χ1v) is 8.53. The van der Waals surface area contributed by atoms with E-state index in [1.54, 1.807) is 11.8 Å². The maximum atomic E-state index is 5.47. The third kappa shape index (κ3) is 4.60. The fourth-order valence-electron chi connectivity index (χ4n) is 2.11. The van der Waals surface area contributed by atoms with Gasteiger partial charge in [0.2, 0.25) is 17.8 Å². The van der Waals surface area contributed by atoms with E-state index in [9.17, 15) is 0 Å². The van der Waals surface area contributed by atoms with E-state index in [-0.39, 0.29) is 4.75 Å². The van der Waals surface area contributed by atoms with E-state index in [4.69, 9.17) is 5.84 Å². The maximum absolute atomic E-state index is 5.47. The van der Waals surface area contributed by atoms with Gasteiger partial charge in [-0.3, -0.25) is 5.43 Å². The summed E-state index contributed by atoms with van der Waals surface area (Å²) < 4.78 is 0.119. The van der Waals surface area contributed by atoms with Crippen molar-refractivity contribution < 1.29 is 0 Å². The number of anilines is 3. The predicted octanol–water partition coefficient (Wildman–Crippen LogP) is 1.70. The molecule has 21 heavy (non-hydrogen) atoms. The topological polar surface area (TPSA) is 92.0 Å². The molecule has 0 unspecified atom stereocenters. The number of thioether (sulfide) groups is 1. The summed E-state index contributed by atoms with van der Waals surface area (Å²) in [5.41, 5.74) is 2.52. The van der Waals surface area contributed by atoms with Crippen LogP contribution in [0.2, 0.25) is 0 Å². The Morgan fingerprint density at radius 3 is 2.43 bits per heavy atom. The smallest absolute Gasteiger partial charge is 0.243 e. The molecule has 2 heterocycles. The van der Waals surface area contributed by atoms with Crippen molar-refractivity contribution >= 4 is 29.6 Å². The molecule has 4 N–H and O–H groups in total. The molecule has 0 spiro atoms. The molecule has 0 bridgehead atoms. The van der Waals surface area contributed by atoms with Gasteiger partial charge in [-0.1, -0.05) is 0 Å². The predicted molar refractivity (Wildman–Crippen MR) is 89.8 cm³/mol. The van der Waals surface area contributed by atoms with E-state index < -0.39 is 0 Å². The van der Waals surface area contributed by atoms with Crippen molar-refractivity contribution in [1.82, 2.24) is 15.0 Å². The highest BCUT2D eigenvalue weighted by molar-refractivity contribution is 7.99. The molecular formula is C13H25N7S. The highest BCUT2D eigenvalue weighted by atomic mass is 32.2. The molecule has 1 aliphatic rings. The van der Waals surface area contributed by atoms with E-state index in [0.717, 1.165) is 19.6 Å². The van der Waals surface area contributed by atoms with E-state index in [1.165, 1.54) is 19.3 Å². The van der Waals surface area contributed by atoms with Crippen LogP contribution in [0.3, 0.4) is 0 Å². The zero-order valence-electron chi connectivity index (χ0n) is 13.0. The lowest BCUT2D eigenvalue weighted by Crippen LogP contribution is -2.32. The van der Waals surface area contributed by atoms with Crippen LogP contribution >= 0.6 is 11.8 Å². The molecule has 0 atom stereocenters. The van der Waals surface area contributed by atoms with Crippen molar-refractivity contribution in [1.29, 1.82) is 0 Å². The number of nitrogen functional groups attached to an aromatic ring is 1. The van der Waals surface area contributed by atoms with Crippen LogP contribution in [0.15, 0.2) is 0 Å². The van der Waals surface area contributed by atoms with Crippen molar-refractivity contribution in [3.63, 3.8) is 0 Å². The molecule has 1 aliphatic heterocycles. The SMILES string of the molecule is CSC(C)(C)CNc1nc(NN)nc(N2CCCCC2)n1. The van der Waals surface area contributed by atoms with Crippen LogP contribution in [0.5, 0.6) is 0 Å². The summed E-state index contributed by atoms with van der Waals surface area (Å²) in [7, 11) is 0. The molecule has 1 saturated heterocycles. The third-order valence-corrected chi connectivity index (χ3v) is 4.87. The Morgan fingerprint density at radius 2 is 1.81 bits per heavy atom. The van der Waals surface area contributed by atoms with E-state index >= 15 is 0 Å². The molecule has 0 amide bonds. The normalized spacial score (nSPS) is 15.9. The second-order valence-corrected chi connectivity index (χ2v) is 7.31. The minimum absolute atomic E-state index is 0.119. The van der Waals surface area contributed by atoms with Crippen LogP contribution < -0.4 is 21.5 Å². The molecule has 1 aromatic rings. The number of aromatic nitrogens is 3. The summed E-state index contributed by atoms with van der Waals surface area (Å²) in [6.07, 6.45) is 5.73. The number of hydrogen-bond acceptors (Lipinski definition) is 8. The molecule has 2 rings (SSSR count). The van der Waals surface area contributed by atoms with Gasteiger partial charge < -0.3 is 10.2 Å². The van der Waals surface area contributed by atoms with Crippen LogP contribution in [0, 0.1) is 0 Å². The van der Waals surface area contributed by atoms with Gasteiger partial charge in [-0.15, -0.1) is 0 Å². The zero-order chi connectivity index (χ0) is 15.3. The number of rotatable bonds is 6. The van der Waals surface area contributed by atoms with E-state index in [0.29, 0.717) is 17.8 Å². The van der Waals surface area contributed by atoms with E-state index in [1.807, 2.05) is 0 Å². The highest BCUT2D eigenvalue weighted by Gasteiger charge is 2.19. The molecule has 7 nitrogen and oxygen atoms in total. The minimum atomic E-state index is 0.119. The first-order chi connectivity index (χ1) is 10.0. The van der Waals surface area contributed by atoms with Crippen molar-refractivity contribution in [3.8, 4) is 0 Å². The average molecular weight is 311 g/mol. The number of nitrogens with one attached hydrogen (secondary N) is 2. The molecule has 8 heteroatoms. The summed E-state index contributed by atoms with van der Waals surface area (Å²) in [6.45, 7) is 7.12. The summed E-state index contributed by atoms with van der Waals surface area (Å²) in [5, 5.41) is 3.28. The average Bonchev–Trinajstić information content (AvgIpc) is 2.53. The maximum Gasteiger partial charge on any atom is 0.243 e. The van der Waals surface area contributed by atoms with Crippen LogP contribution in [-0.4, -0.2) is 45.6 Å². The van der Waals surface area contributed by atoms with Gasteiger partial charge in [-0.25, -0.2) is 5.84 Å². The number of hydrazine groups is 1. The summed E-state index contributed by atoms with van der Waals surface area (Å²) in [5.74, 6) is 7.14. The monoisotopic (exact) mass is 311 g/mol. The Balaban J connectivity index is 2.13. The number of nitrogens with zero attached hydrogens (tertiary/aromatic N) is 4. The number of piperidine rings is 1. The summed E-state index contributed by atoms with van der Waals surface area (Å²) >= 11 is 1.80. The van der Waals surface area contributed by atoms with Crippen LogP contribution in [-0.2, 0) is 0 Å². The fourth-order valence-corrected chi connectivity index (χ4v) is 2.32.